The number of rotatable bonds is 5. The summed E-state index contributed by atoms with van der Waals surface area (Å²) in [6, 6.07) is 7.24. The van der Waals surface area contributed by atoms with Crippen molar-refractivity contribution in [3.05, 3.63) is 29.8 Å². The number of nitrogens with zero attached hydrogens (tertiary/aromatic N) is 1. The van der Waals surface area contributed by atoms with Crippen LogP contribution < -0.4 is 5.32 Å². The Hall–Kier alpha value is -1.00. The first-order valence-electron chi connectivity index (χ1n) is 5.31. The van der Waals surface area contributed by atoms with E-state index in [0.717, 1.165) is 17.9 Å². The van der Waals surface area contributed by atoms with E-state index < -0.39 is 0 Å². The Labute approximate surface area is 102 Å². The van der Waals surface area contributed by atoms with Crippen LogP contribution in [0, 0.1) is 0 Å². The van der Waals surface area contributed by atoms with E-state index in [1.807, 2.05) is 26.2 Å². The topological polar surface area (TPSA) is 32.3 Å². The first kappa shape index (κ1) is 13.1. The molecule has 1 rings (SSSR count). The van der Waals surface area contributed by atoms with Gasteiger partial charge in [0.1, 0.15) is 0 Å². The SMILES string of the molecule is CN(C)CCCNC(=O)c1cccc(S)c1. The standard InChI is InChI=1S/C12H18N2OS/c1-14(2)8-4-7-13-12(15)10-5-3-6-11(16)9-10/h3,5-6,9,16H,4,7-8H2,1-2H3,(H,13,15). The number of nitrogens with one attached hydrogen (secondary N) is 1. The monoisotopic (exact) mass is 238 g/mol. The molecule has 0 unspecified atom stereocenters. The molecule has 1 aromatic carbocycles. The average Bonchev–Trinajstić information content (AvgIpc) is 2.24. The molecule has 1 amide bonds. The van der Waals surface area contributed by atoms with Crippen LogP contribution in [0.15, 0.2) is 29.2 Å². The van der Waals surface area contributed by atoms with Gasteiger partial charge in [0.05, 0.1) is 0 Å². The van der Waals surface area contributed by atoms with Gasteiger partial charge in [-0.25, -0.2) is 0 Å². The fraction of sp³-hybridized carbons (Fsp3) is 0.417. The zero-order chi connectivity index (χ0) is 12.0. The molecule has 0 aliphatic rings. The summed E-state index contributed by atoms with van der Waals surface area (Å²) in [7, 11) is 4.04. The van der Waals surface area contributed by atoms with Crippen molar-refractivity contribution in [3.8, 4) is 0 Å². The second kappa shape index (κ2) is 6.55. The largest absolute Gasteiger partial charge is 0.352 e. The highest BCUT2D eigenvalue weighted by molar-refractivity contribution is 7.80. The molecule has 0 bridgehead atoms. The summed E-state index contributed by atoms with van der Waals surface area (Å²) in [5, 5.41) is 2.88. The van der Waals surface area contributed by atoms with Crippen LogP contribution in [0.3, 0.4) is 0 Å². The van der Waals surface area contributed by atoms with Gasteiger partial charge >= 0.3 is 0 Å². The maximum Gasteiger partial charge on any atom is 0.251 e. The van der Waals surface area contributed by atoms with E-state index in [9.17, 15) is 4.79 Å². The summed E-state index contributed by atoms with van der Waals surface area (Å²) < 4.78 is 0. The predicted octanol–water partition coefficient (Wildman–Crippen LogP) is 1.66. The number of hydrogen-bond donors (Lipinski definition) is 2. The Kier molecular flexibility index (Phi) is 5.35. The van der Waals surface area contributed by atoms with Crippen molar-refractivity contribution in [2.75, 3.05) is 27.2 Å². The van der Waals surface area contributed by atoms with E-state index in [2.05, 4.69) is 22.8 Å². The second-order valence-corrected chi connectivity index (χ2v) is 4.48. The van der Waals surface area contributed by atoms with Crippen molar-refractivity contribution in [2.45, 2.75) is 11.3 Å². The minimum atomic E-state index is -0.0327. The second-order valence-electron chi connectivity index (χ2n) is 3.96. The van der Waals surface area contributed by atoms with Crippen LogP contribution in [-0.4, -0.2) is 38.0 Å². The molecule has 88 valence electrons. The lowest BCUT2D eigenvalue weighted by atomic mass is 10.2. The molecule has 4 heteroatoms. The van der Waals surface area contributed by atoms with E-state index in [-0.39, 0.29) is 5.91 Å². The lowest BCUT2D eigenvalue weighted by molar-refractivity contribution is 0.0952. The van der Waals surface area contributed by atoms with Crippen molar-refractivity contribution in [2.24, 2.45) is 0 Å². The fourth-order valence-corrected chi connectivity index (χ4v) is 1.57. The zero-order valence-corrected chi connectivity index (χ0v) is 10.6. The number of amides is 1. The number of carbonyl (C=O) groups excluding carboxylic acids is 1. The molecule has 0 saturated heterocycles. The molecule has 0 aliphatic carbocycles. The smallest absolute Gasteiger partial charge is 0.251 e. The summed E-state index contributed by atoms with van der Waals surface area (Å²) in [5.41, 5.74) is 0.664. The molecule has 3 nitrogen and oxygen atoms in total. The van der Waals surface area contributed by atoms with Crippen LogP contribution >= 0.6 is 12.6 Å². The summed E-state index contributed by atoms with van der Waals surface area (Å²) in [5.74, 6) is -0.0327. The van der Waals surface area contributed by atoms with Gasteiger partial charge in [-0.2, -0.15) is 0 Å². The molecule has 0 aliphatic heterocycles. The minimum Gasteiger partial charge on any atom is -0.352 e. The van der Waals surface area contributed by atoms with Gasteiger partial charge in [-0.05, 0) is 45.3 Å². The third-order valence-corrected chi connectivity index (χ3v) is 2.45. The Morgan fingerprint density at radius 3 is 2.81 bits per heavy atom. The third-order valence-electron chi connectivity index (χ3n) is 2.18. The maximum atomic E-state index is 11.7. The first-order chi connectivity index (χ1) is 7.59. The van der Waals surface area contributed by atoms with Crippen LogP contribution in [0.4, 0.5) is 0 Å². The van der Waals surface area contributed by atoms with Gasteiger partial charge in [-0.3, -0.25) is 4.79 Å². The van der Waals surface area contributed by atoms with Gasteiger partial charge < -0.3 is 10.2 Å². The minimum absolute atomic E-state index is 0.0327. The lowest BCUT2D eigenvalue weighted by Crippen LogP contribution is -2.27. The van der Waals surface area contributed by atoms with Crippen LogP contribution in [0.5, 0.6) is 0 Å². The van der Waals surface area contributed by atoms with E-state index in [4.69, 9.17) is 0 Å². The van der Waals surface area contributed by atoms with Gasteiger partial charge in [0.15, 0.2) is 0 Å². The molecule has 0 aromatic heterocycles. The molecule has 0 spiro atoms. The zero-order valence-electron chi connectivity index (χ0n) is 9.73. The quantitative estimate of drug-likeness (QED) is 0.604. The Morgan fingerprint density at radius 1 is 1.44 bits per heavy atom. The highest BCUT2D eigenvalue weighted by Crippen LogP contribution is 2.08. The molecule has 0 fully saturated rings. The number of hydrogen-bond acceptors (Lipinski definition) is 3. The van der Waals surface area contributed by atoms with Crippen LogP contribution in [-0.2, 0) is 0 Å². The van der Waals surface area contributed by atoms with E-state index in [1.165, 1.54) is 0 Å². The average molecular weight is 238 g/mol. The van der Waals surface area contributed by atoms with Gasteiger partial charge in [-0.1, -0.05) is 6.07 Å². The Morgan fingerprint density at radius 2 is 2.19 bits per heavy atom. The van der Waals surface area contributed by atoms with Crippen molar-refractivity contribution in [3.63, 3.8) is 0 Å². The molecular weight excluding hydrogens is 220 g/mol. The van der Waals surface area contributed by atoms with Crippen molar-refractivity contribution in [1.82, 2.24) is 10.2 Å². The predicted molar refractivity (Wildman–Crippen MR) is 69.2 cm³/mol. The molecule has 1 N–H and O–H groups in total. The van der Waals surface area contributed by atoms with Crippen molar-refractivity contribution < 1.29 is 4.79 Å². The number of benzene rings is 1. The summed E-state index contributed by atoms with van der Waals surface area (Å²) in [6.45, 7) is 1.68. The van der Waals surface area contributed by atoms with Gasteiger partial charge in [0, 0.05) is 17.0 Å². The molecular formula is C12H18N2OS. The number of thiol groups is 1. The summed E-state index contributed by atoms with van der Waals surface area (Å²) in [6.07, 6.45) is 0.958. The van der Waals surface area contributed by atoms with E-state index in [0.29, 0.717) is 12.1 Å². The summed E-state index contributed by atoms with van der Waals surface area (Å²) in [4.78, 5) is 14.6. The molecule has 0 heterocycles. The molecule has 0 saturated carbocycles. The molecule has 0 atom stereocenters. The summed E-state index contributed by atoms with van der Waals surface area (Å²) >= 11 is 4.20. The van der Waals surface area contributed by atoms with Gasteiger partial charge in [0.2, 0.25) is 0 Å². The Balaban J connectivity index is 2.35. The third kappa shape index (κ3) is 4.68. The molecule has 16 heavy (non-hydrogen) atoms. The van der Waals surface area contributed by atoms with Gasteiger partial charge in [0.25, 0.3) is 5.91 Å². The number of carbonyl (C=O) groups is 1. The van der Waals surface area contributed by atoms with E-state index in [1.54, 1.807) is 12.1 Å². The molecule has 1 aromatic rings. The fourth-order valence-electron chi connectivity index (χ4n) is 1.35. The molecule has 0 radical (unpaired) electrons. The first-order valence-corrected chi connectivity index (χ1v) is 5.76. The van der Waals surface area contributed by atoms with Crippen molar-refractivity contribution in [1.29, 1.82) is 0 Å². The highest BCUT2D eigenvalue weighted by atomic mass is 32.1. The highest BCUT2D eigenvalue weighted by Gasteiger charge is 2.04. The van der Waals surface area contributed by atoms with E-state index >= 15 is 0 Å². The Bertz CT molecular complexity index is 353. The van der Waals surface area contributed by atoms with Crippen LogP contribution in [0.1, 0.15) is 16.8 Å². The van der Waals surface area contributed by atoms with Crippen LogP contribution in [0.25, 0.3) is 0 Å². The van der Waals surface area contributed by atoms with Crippen molar-refractivity contribution >= 4 is 18.5 Å². The maximum absolute atomic E-state index is 11.7. The normalized spacial score (nSPS) is 10.5. The lowest BCUT2D eigenvalue weighted by Gasteiger charge is -2.09. The van der Waals surface area contributed by atoms with Crippen LogP contribution in [0.2, 0.25) is 0 Å². The van der Waals surface area contributed by atoms with Gasteiger partial charge in [-0.15, -0.1) is 12.6 Å².